The van der Waals surface area contributed by atoms with Crippen LogP contribution < -0.4 is 11.2 Å². The summed E-state index contributed by atoms with van der Waals surface area (Å²) < 4.78 is 8.52. The molecular weight excluding hydrogens is 394 g/mol. The Morgan fingerprint density at radius 3 is 2.62 bits per heavy atom. The molecule has 0 bridgehead atoms. The smallest absolute Gasteiger partial charge is 0.332 e. The van der Waals surface area contributed by atoms with Gasteiger partial charge < -0.3 is 14.7 Å². The van der Waals surface area contributed by atoms with Crippen molar-refractivity contribution in [3.63, 3.8) is 0 Å². The lowest BCUT2D eigenvalue weighted by Crippen LogP contribution is -2.43. The zero-order valence-electron chi connectivity index (χ0n) is 16.9. The lowest BCUT2D eigenvalue weighted by molar-refractivity contribution is -0.130. The number of aliphatic hydroxyl groups excluding tert-OH is 1. The lowest BCUT2D eigenvalue weighted by atomic mass is 9.94. The van der Waals surface area contributed by atoms with Crippen molar-refractivity contribution in [3.05, 3.63) is 31.3 Å². The Morgan fingerprint density at radius 1 is 1.21 bits per heavy atom. The first kappa shape index (κ1) is 20.3. The Bertz CT molecular complexity index is 1060. The van der Waals surface area contributed by atoms with Crippen molar-refractivity contribution in [1.29, 1.82) is 0 Å². The summed E-state index contributed by atoms with van der Waals surface area (Å²) >= 11 is 1.38. The van der Waals surface area contributed by atoms with Crippen molar-refractivity contribution in [2.45, 2.75) is 64.8 Å². The van der Waals surface area contributed by atoms with Crippen LogP contribution in [0.1, 0.15) is 43.6 Å². The fourth-order valence-electron chi connectivity index (χ4n) is 4.17. The summed E-state index contributed by atoms with van der Waals surface area (Å²) in [6.45, 7) is 5.73. The Labute approximate surface area is 172 Å². The molecule has 0 spiro atoms. The second-order valence-electron chi connectivity index (χ2n) is 8.40. The maximum Gasteiger partial charge on any atom is 0.332 e. The highest BCUT2D eigenvalue weighted by Gasteiger charge is 2.32. The predicted molar refractivity (Wildman–Crippen MR) is 110 cm³/mol. The van der Waals surface area contributed by atoms with Gasteiger partial charge >= 0.3 is 5.69 Å². The number of fused-ring (bicyclic) bond motifs is 3. The monoisotopic (exact) mass is 421 g/mol. The van der Waals surface area contributed by atoms with Crippen LogP contribution in [0.15, 0.2) is 9.59 Å². The second kappa shape index (κ2) is 7.70. The van der Waals surface area contributed by atoms with E-state index < -0.39 is 11.3 Å². The number of likely N-dealkylation sites (tertiary alicyclic amines) is 1. The largest absolute Gasteiger partial charge is 0.396 e. The zero-order valence-corrected chi connectivity index (χ0v) is 17.7. The lowest BCUT2D eigenvalue weighted by Gasteiger charge is -2.29. The van der Waals surface area contributed by atoms with Gasteiger partial charge in [0.2, 0.25) is 5.91 Å². The molecule has 1 amide bonds. The van der Waals surface area contributed by atoms with Crippen molar-refractivity contribution in [2.75, 3.05) is 19.7 Å². The minimum Gasteiger partial charge on any atom is -0.396 e. The molecule has 2 aliphatic heterocycles. The third-order valence-electron chi connectivity index (χ3n) is 5.73. The minimum atomic E-state index is -0.484. The number of nitrogens with zero attached hydrogens (tertiary/aromatic N) is 3. The van der Waals surface area contributed by atoms with Gasteiger partial charge in [0, 0.05) is 37.5 Å². The van der Waals surface area contributed by atoms with Gasteiger partial charge in [-0.1, -0.05) is 0 Å². The first-order valence-corrected chi connectivity index (χ1v) is 10.9. The Morgan fingerprint density at radius 2 is 1.93 bits per heavy atom. The first-order valence-electron chi connectivity index (χ1n) is 10.1. The molecule has 0 saturated carbocycles. The molecule has 1 N–H and O–H groups in total. The number of hydrogen-bond donors (Lipinski definition) is 1. The van der Waals surface area contributed by atoms with E-state index in [1.807, 2.05) is 13.8 Å². The Kier molecular flexibility index (Phi) is 5.39. The van der Waals surface area contributed by atoms with Gasteiger partial charge in [-0.15, -0.1) is 11.3 Å². The number of rotatable bonds is 5. The van der Waals surface area contributed by atoms with E-state index in [-0.39, 0.29) is 31.2 Å². The summed E-state index contributed by atoms with van der Waals surface area (Å²) in [5.41, 5.74) is -0.289. The Balaban J connectivity index is 1.89. The molecule has 9 heteroatoms. The van der Waals surface area contributed by atoms with Crippen molar-refractivity contribution >= 4 is 27.5 Å². The molecule has 2 aromatic rings. The fraction of sp³-hybridized carbons (Fsp3) is 0.650. The molecular formula is C20H27N3O5S. The van der Waals surface area contributed by atoms with Gasteiger partial charge in [0.1, 0.15) is 11.4 Å². The molecule has 29 heavy (non-hydrogen) atoms. The molecule has 158 valence electrons. The van der Waals surface area contributed by atoms with Crippen LogP contribution in [-0.2, 0) is 35.6 Å². The maximum atomic E-state index is 13.2. The minimum absolute atomic E-state index is 0.0710. The molecule has 8 nitrogen and oxygen atoms in total. The van der Waals surface area contributed by atoms with E-state index in [1.54, 1.807) is 4.90 Å². The Hall–Kier alpha value is -1.97. The molecule has 2 aromatic heterocycles. The summed E-state index contributed by atoms with van der Waals surface area (Å²) in [5.74, 6) is -0.0961. The molecule has 0 unspecified atom stereocenters. The zero-order chi connectivity index (χ0) is 20.8. The quantitative estimate of drug-likeness (QED) is 0.780. The SMILES string of the molecule is CC1(C)Cc2c(sc3c2c(=O)n(CCCO)c(=O)n3CC(=O)N2CCCC2)CO1. The first-order chi connectivity index (χ1) is 13.8. The van der Waals surface area contributed by atoms with E-state index in [2.05, 4.69) is 0 Å². The highest BCUT2D eigenvalue weighted by molar-refractivity contribution is 7.18. The van der Waals surface area contributed by atoms with Crippen molar-refractivity contribution in [2.24, 2.45) is 0 Å². The van der Waals surface area contributed by atoms with Crippen LogP contribution in [-0.4, -0.2) is 50.3 Å². The molecule has 1 saturated heterocycles. The molecule has 1 fully saturated rings. The number of thiophene rings is 1. The van der Waals surface area contributed by atoms with Crippen LogP contribution in [0, 0.1) is 0 Å². The van der Waals surface area contributed by atoms with E-state index in [9.17, 15) is 19.5 Å². The van der Waals surface area contributed by atoms with E-state index in [1.165, 1.54) is 20.5 Å². The molecule has 0 radical (unpaired) electrons. The number of hydrogen-bond acceptors (Lipinski definition) is 6. The summed E-state index contributed by atoms with van der Waals surface area (Å²) in [6, 6.07) is 0. The van der Waals surface area contributed by atoms with Crippen LogP contribution in [0.25, 0.3) is 10.2 Å². The van der Waals surface area contributed by atoms with Crippen LogP contribution in [0.4, 0.5) is 0 Å². The number of aromatic nitrogens is 2. The molecule has 0 aliphatic carbocycles. The third-order valence-corrected chi connectivity index (χ3v) is 6.96. The van der Waals surface area contributed by atoms with Gasteiger partial charge in [-0.2, -0.15) is 0 Å². The van der Waals surface area contributed by atoms with E-state index in [0.717, 1.165) is 23.3 Å². The topological polar surface area (TPSA) is 93.8 Å². The summed E-state index contributed by atoms with van der Waals surface area (Å²) in [5, 5.41) is 9.72. The molecule has 0 atom stereocenters. The van der Waals surface area contributed by atoms with Crippen molar-refractivity contribution in [3.8, 4) is 0 Å². The van der Waals surface area contributed by atoms with Gasteiger partial charge in [0.15, 0.2) is 0 Å². The van der Waals surface area contributed by atoms with Gasteiger partial charge in [-0.05, 0) is 38.7 Å². The summed E-state index contributed by atoms with van der Waals surface area (Å²) in [4.78, 5) is 42.4. The standard InChI is InChI=1S/C20H27N3O5S/c1-20(2)10-13-14(12-28-20)29-18-16(13)17(26)22(8-5-9-24)19(27)23(18)11-15(25)21-6-3-4-7-21/h24H,3-12H2,1-2H3. The number of amides is 1. The maximum absolute atomic E-state index is 13.2. The van der Waals surface area contributed by atoms with Crippen LogP contribution in [0.3, 0.4) is 0 Å². The second-order valence-corrected chi connectivity index (χ2v) is 9.48. The van der Waals surface area contributed by atoms with Gasteiger partial charge in [-0.25, -0.2) is 4.79 Å². The number of ether oxygens (including phenoxy) is 1. The highest BCUT2D eigenvalue weighted by atomic mass is 32.1. The van der Waals surface area contributed by atoms with E-state index >= 15 is 0 Å². The van der Waals surface area contributed by atoms with Gasteiger partial charge in [-0.3, -0.25) is 18.7 Å². The predicted octanol–water partition coefficient (Wildman–Crippen LogP) is 1.08. The van der Waals surface area contributed by atoms with Gasteiger partial charge in [0.05, 0.1) is 17.6 Å². The van der Waals surface area contributed by atoms with E-state index in [4.69, 9.17) is 4.74 Å². The fourth-order valence-corrected chi connectivity index (χ4v) is 5.39. The van der Waals surface area contributed by atoms with Crippen LogP contribution in [0.2, 0.25) is 0 Å². The average molecular weight is 422 g/mol. The normalized spacial score (nSPS) is 18.4. The highest BCUT2D eigenvalue weighted by Crippen LogP contribution is 2.37. The number of carbonyl (C=O) groups is 1. The van der Waals surface area contributed by atoms with Crippen molar-refractivity contribution in [1.82, 2.24) is 14.0 Å². The molecule has 4 rings (SSSR count). The summed E-state index contributed by atoms with van der Waals surface area (Å²) in [7, 11) is 0. The van der Waals surface area contributed by atoms with Crippen LogP contribution >= 0.6 is 11.3 Å². The van der Waals surface area contributed by atoms with E-state index in [0.29, 0.717) is 42.8 Å². The average Bonchev–Trinajstić information content (AvgIpc) is 3.32. The van der Waals surface area contributed by atoms with Crippen molar-refractivity contribution < 1.29 is 14.6 Å². The third kappa shape index (κ3) is 3.67. The molecule has 0 aromatic carbocycles. The number of carbonyl (C=O) groups excluding carboxylic acids is 1. The summed E-state index contributed by atoms with van der Waals surface area (Å²) in [6.07, 6.45) is 2.84. The van der Waals surface area contributed by atoms with Crippen LogP contribution in [0.5, 0.6) is 0 Å². The van der Waals surface area contributed by atoms with Gasteiger partial charge in [0.25, 0.3) is 5.56 Å². The molecule has 2 aliphatic rings. The molecule has 4 heterocycles. The number of aliphatic hydroxyl groups is 1.